The average Bonchev–Trinajstić information content (AvgIpc) is 3.37. The second kappa shape index (κ2) is 8.14. The lowest BCUT2D eigenvalue weighted by Crippen LogP contribution is -2.06. The molecular weight excluding hydrogens is 440 g/mol. The van der Waals surface area contributed by atoms with Gasteiger partial charge in [-0.25, -0.2) is 10.1 Å². The third-order valence-corrected chi connectivity index (χ3v) is 5.81. The first-order valence-electron chi connectivity index (χ1n) is 9.94. The number of aromatic amines is 1. The molecule has 8 heteroatoms. The lowest BCUT2D eigenvalue weighted by atomic mass is 9.98. The Labute approximate surface area is 194 Å². The largest absolute Gasteiger partial charge is 0.498 e. The molecule has 0 fully saturated rings. The van der Waals surface area contributed by atoms with E-state index in [1.165, 1.54) is 0 Å². The Balaban J connectivity index is 1.51. The molecule has 2 heterocycles. The van der Waals surface area contributed by atoms with Gasteiger partial charge in [-0.2, -0.15) is 4.98 Å². The molecule has 0 aliphatic rings. The van der Waals surface area contributed by atoms with Gasteiger partial charge in [-0.3, -0.25) is 0 Å². The van der Waals surface area contributed by atoms with Crippen LogP contribution in [0.4, 0.5) is 0 Å². The Morgan fingerprint density at radius 2 is 1.75 bits per heavy atom. The second-order valence-electron chi connectivity index (χ2n) is 7.40. The van der Waals surface area contributed by atoms with E-state index in [0.717, 1.165) is 39.1 Å². The van der Waals surface area contributed by atoms with Gasteiger partial charge < -0.3 is 14.2 Å². The smallest absolute Gasteiger partial charge is 0.314 e. The highest BCUT2D eigenvalue weighted by Gasteiger charge is 2.15. The number of aryl methyl sites for hydroxylation is 1. The summed E-state index contributed by atoms with van der Waals surface area (Å²) in [5.41, 5.74) is 6.37. The molecular formula is C24H18N4O2S2. The van der Waals surface area contributed by atoms with Crippen LogP contribution < -0.4 is 0 Å². The van der Waals surface area contributed by atoms with Gasteiger partial charge >= 0.3 is 4.84 Å². The number of imidazole rings is 1. The molecule has 5 rings (SSSR count). The van der Waals surface area contributed by atoms with E-state index in [-0.39, 0.29) is 9.89 Å². The summed E-state index contributed by atoms with van der Waals surface area (Å²) in [7, 11) is 0. The highest BCUT2D eigenvalue weighted by molar-refractivity contribution is 7.80. The van der Waals surface area contributed by atoms with Crippen molar-refractivity contribution in [3.63, 3.8) is 0 Å². The Morgan fingerprint density at radius 1 is 1.00 bits per heavy atom. The maximum Gasteiger partial charge on any atom is 0.314 e. The van der Waals surface area contributed by atoms with Gasteiger partial charge in [-0.1, -0.05) is 54.6 Å². The van der Waals surface area contributed by atoms with Gasteiger partial charge in [0.05, 0.1) is 16.6 Å². The number of nitrogens with one attached hydrogen (secondary N) is 1. The molecule has 2 N–H and O–H groups in total. The van der Waals surface area contributed by atoms with Crippen molar-refractivity contribution in [1.82, 2.24) is 19.7 Å². The summed E-state index contributed by atoms with van der Waals surface area (Å²) < 4.78 is 7.18. The van der Waals surface area contributed by atoms with E-state index in [1.54, 1.807) is 0 Å². The number of nitrogens with zero attached hydrogens (tertiary/aromatic N) is 3. The van der Waals surface area contributed by atoms with Crippen LogP contribution in [0.25, 0.3) is 33.5 Å². The minimum atomic E-state index is -0.129. The molecule has 0 radical (unpaired) electrons. The van der Waals surface area contributed by atoms with E-state index < -0.39 is 0 Å². The summed E-state index contributed by atoms with van der Waals surface area (Å²) in [6, 6.07) is 21.9. The third kappa shape index (κ3) is 3.63. The van der Waals surface area contributed by atoms with Gasteiger partial charge in [0.15, 0.2) is 10.9 Å². The predicted molar refractivity (Wildman–Crippen MR) is 130 cm³/mol. The van der Waals surface area contributed by atoms with E-state index in [4.69, 9.17) is 29.0 Å². The number of para-hydroxylation sites is 1. The van der Waals surface area contributed by atoms with Crippen molar-refractivity contribution in [2.75, 3.05) is 0 Å². The molecule has 0 saturated heterocycles. The van der Waals surface area contributed by atoms with Crippen LogP contribution in [0.15, 0.2) is 71.3 Å². The summed E-state index contributed by atoms with van der Waals surface area (Å²) >= 11 is 10.0. The van der Waals surface area contributed by atoms with Crippen LogP contribution in [0.1, 0.15) is 17.0 Å². The molecule has 5 aromatic rings. The van der Waals surface area contributed by atoms with Crippen LogP contribution in [0.3, 0.4) is 0 Å². The Hall–Kier alpha value is -3.62. The first-order valence-corrected chi connectivity index (χ1v) is 10.8. The van der Waals surface area contributed by atoms with Crippen molar-refractivity contribution in [3.8, 4) is 22.5 Å². The molecule has 6 nitrogen and oxygen atoms in total. The molecule has 0 spiro atoms. The summed E-state index contributed by atoms with van der Waals surface area (Å²) in [5.74, 6) is 1.46. The second-order valence-corrected chi connectivity index (χ2v) is 8.13. The van der Waals surface area contributed by atoms with Gasteiger partial charge in [0.2, 0.25) is 0 Å². The minimum absolute atomic E-state index is 0.129. The number of rotatable bonds is 5. The molecule has 32 heavy (non-hydrogen) atoms. The number of aliphatic hydroxyl groups is 1. The molecule has 0 saturated carbocycles. The average molecular weight is 459 g/mol. The van der Waals surface area contributed by atoms with Crippen molar-refractivity contribution >= 4 is 40.5 Å². The molecule has 0 amide bonds. The van der Waals surface area contributed by atoms with E-state index >= 15 is 0 Å². The number of aliphatic hydroxyl groups excluding tert-OH is 1. The summed E-state index contributed by atoms with van der Waals surface area (Å²) in [6.45, 7) is 2.57. The van der Waals surface area contributed by atoms with Crippen molar-refractivity contribution < 1.29 is 9.63 Å². The zero-order chi connectivity index (χ0) is 22.2. The number of H-pyrrole nitrogens is 1. The maximum atomic E-state index is 9.97. The van der Waals surface area contributed by atoms with Gasteiger partial charge in [0, 0.05) is 12.1 Å². The van der Waals surface area contributed by atoms with Crippen LogP contribution in [0.2, 0.25) is 0 Å². The fraction of sp³-hybridized carbons (Fsp3) is 0.0833. The predicted octanol–water partition coefficient (Wildman–Crippen LogP) is 6.01. The summed E-state index contributed by atoms with van der Waals surface area (Å²) in [4.78, 5) is 9.05. The number of fused-ring (bicyclic) bond motifs is 1. The van der Waals surface area contributed by atoms with Crippen LogP contribution in [-0.2, 0) is 6.54 Å². The molecule has 0 bridgehead atoms. The Kier molecular flexibility index (Phi) is 5.16. The first-order chi connectivity index (χ1) is 15.5. The lowest BCUT2D eigenvalue weighted by molar-refractivity contribution is 0.406. The highest BCUT2D eigenvalue weighted by Crippen LogP contribution is 2.30. The van der Waals surface area contributed by atoms with E-state index in [0.29, 0.717) is 17.9 Å². The Morgan fingerprint density at radius 3 is 2.44 bits per heavy atom. The Bertz CT molecular complexity index is 1510. The molecule has 0 unspecified atom stereocenters. The van der Waals surface area contributed by atoms with Crippen molar-refractivity contribution in [3.05, 3.63) is 88.5 Å². The quantitative estimate of drug-likeness (QED) is 0.314. The van der Waals surface area contributed by atoms with Gasteiger partial charge in [-0.05, 0) is 60.2 Å². The van der Waals surface area contributed by atoms with E-state index in [2.05, 4.69) is 44.0 Å². The SMILES string of the molecule is Cc1nc2cccc(C(O)=S)c2n1Cc1ccc(-c2ccccc2-c2nc(=S)o[nH]2)cc1. The van der Waals surface area contributed by atoms with Crippen molar-refractivity contribution in [2.45, 2.75) is 13.5 Å². The number of hydrogen-bond acceptors (Lipinski definition) is 5. The van der Waals surface area contributed by atoms with E-state index in [9.17, 15) is 5.11 Å². The summed E-state index contributed by atoms with van der Waals surface area (Å²) in [5, 5.41) is 12.6. The molecule has 0 aliphatic heterocycles. The molecule has 2 aromatic heterocycles. The minimum Gasteiger partial charge on any atom is -0.498 e. The maximum absolute atomic E-state index is 9.97. The van der Waals surface area contributed by atoms with E-state index in [1.807, 2.05) is 49.4 Å². The molecule has 0 atom stereocenters. The fourth-order valence-electron chi connectivity index (χ4n) is 3.93. The van der Waals surface area contributed by atoms with Crippen LogP contribution in [-0.4, -0.2) is 29.8 Å². The zero-order valence-electron chi connectivity index (χ0n) is 17.1. The molecule has 3 aromatic carbocycles. The third-order valence-electron chi connectivity index (χ3n) is 5.41. The van der Waals surface area contributed by atoms with Gasteiger partial charge in [0.25, 0.3) is 0 Å². The molecule has 158 valence electrons. The number of benzene rings is 3. The van der Waals surface area contributed by atoms with Crippen molar-refractivity contribution in [2.24, 2.45) is 0 Å². The fourth-order valence-corrected chi connectivity index (χ4v) is 4.22. The van der Waals surface area contributed by atoms with Gasteiger partial charge in [0.1, 0.15) is 5.82 Å². The van der Waals surface area contributed by atoms with Gasteiger partial charge in [-0.15, -0.1) is 0 Å². The van der Waals surface area contributed by atoms with Crippen LogP contribution in [0, 0.1) is 11.8 Å². The zero-order valence-corrected chi connectivity index (χ0v) is 18.7. The topological polar surface area (TPSA) is 79.9 Å². The summed E-state index contributed by atoms with van der Waals surface area (Å²) in [6.07, 6.45) is 0. The number of thiocarbonyl (C=S) groups is 1. The highest BCUT2D eigenvalue weighted by atomic mass is 32.1. The van der Waals surface area contributed by atoms with Crippen molar-refractivity contribution in [1.29, 1.82) is 0 Å². The van der Waals surface area contributed by atoms with Crippen LogP contribution >= 0.6 is 24.4 Å². The standard InChI is InChI=1S/C24H18N4O2S2/c1-14-25-20-8-4-7-19(23(29)31)21(20)28(14)13-15-9-11-16(12-10-15)17-5-2-3-6-18(17)22-26-24(32)30-27-22/h2-12H,13H2,1H3,(H,29,31)(H,26,27,32). The molecule has 0 aliphatic carbocycles. The monoisotopic (exact) mass is 458 g/mol. The number of hydrogen-bond donors (Lipinski definition) is 2. The lowest BCUT2D eigenvalue weighted by Gasteiger charge is -2.11. The number of aromatic nitrogens is 4. The normalized spacial score (nSPS) is 11.2. The van der Waals surface area contributed by atoms with Crippen LogP contribution in [0.5, 0.6) is 0 Å². The first kappa shape index (κ1) is 20.3.